The van der Waals surface area contributed by atoms with Crippen LogP contribution in [0, 0.1) is 0 Å². The van der Waals surface area contributed by atoms with Gasteiger partial charge in [0.1, 0.15) is 0 Å². The van der Waals surface area contributed by atoms with Gasteiger partial charge in [-0.1, -0.05) is 0 Å². The van der Waals surface area contributed by atoms with E-state index in [9.17, 15) is 9.59 Å². The Kier molecular flexibility index (Phi) is 5.90. The third kappa shape index (κ3) is 4.67. The molecule has 0 fully saturated rings. The quantitative estimate of drug-likeness (QED) is 0.649. The number of nitrogens with one attached hydrogen (secondary N) is 2. The lowest BCUT2D eigenvalue weighted by Gasteiger charge is -2.13. The van der Waals surface area contributed by atoms with Crippen LogP contribution in [0.15, 0.2) is 49.1 Å². The Morgan fingerprint density at radius 2 is 1.00 bits per heavy atom. The molecule has 0 spiro atoms. The highest BCUT2D eigenvalue weighted by atomic mass is 16.2. The van der Waals surface area contributed by atoms with Crippen LogP contribution in [0.3, 0.4) is 0 Å². The average molecular weight is 378 g/mol. The molecule has 2 amide bonds. The van der Waals surface area contributed by atoms with E-state index in [1.807, 2.05) is 13.8 Å². The van der Waals surface area contributed by atoms with Crippen molar-refractivity contribution >= 4 is 11.8 Å². The van der Waals surface area contributed by atoms with E-state index >= 15 is 0 Å². The first-order chi connectivity index (χ1) is 13.5. The highest BCUT2D eigenvalue weighted by Crippen LogP contribution is 2.11. The minimum atomic E-state index is -0.540. The summed E-state index contributed by atoms with van der Waals surface area (Å²) in [5, 5.41) is 20.3. The summed E-state index contributed by atoms with van der Waals surface area (Å²) in [6, 6.07) is 6.62. The Balaban J connectivity index is 1.61. The Labute approximate surface area is 160 Å². The van der Waals surface area contributed by atoms with E-state index in [4.69, 9.17) is 0 Å². The summed E-state index contributed by atoms with van der Waals surface area (Å²) in [4.78, 5) is 32.3. The number of carbonyl (C=O) groups excluding carboxylic acids is 2. The zero-order valence-electron chi connectivity index (χ0n) is 15.3. The lowest BCUT2D eigenvalue weighted by atomic mass is 10.1. The summed E-state index contributed by atoms with van der Waals surface area (Å²) in [7, 11) is 0. The molecule has 3 aromatic rings. The van der Waals surface area contributed by atoms with Crippen molar-refractivity contribution in [2.75, 3.05) is 0 Å². The number of hydrogen-bond donors (Lipinski definition) is 2. The van der Waals surface area contributed by atoms with Crippen LogP contribution in [0.25, 0.3) is 0 Å². The maximum atomic E-state index is 12.2. The predicted molar refractivity (Wildman–Crippen MR) is 97.9 cm³/mol. The van der Waals surface area contributed by atoms with E-state index < -0.39 is 11.8 Å². The third-order valence-corrected chi connectivity index (χ3v) is 3.99. The van der Waals surface area contributed by atoms with Gasteiger partial charge in [0.15, 0.2) is 0 Å². The fourth-order valence-electron chi connectivity index (χ4n) is 2.40. The molecule has 0 aromatic carbocycles. The van der Waals surface area contributed by atoms with Gasteiger partial charge in [-0.25, -0.2) is 0 Å². The SMILES string of the molecule is CC(NC(=O)c1nnc(C(=O)NC(C)c2ccncc2)nn1)c1ccncc1. The molecule has 2 atom stereocenters. The number of hydrogen-bond acceptors (Lipinski definition) is 8. The number of amides is 2. The van der Waals surface area contributed by atoms with Crippen LogP contribution in [0.1, 0.15) is 58.3 Å². The van der Waals surface area contributed by atoms with Crippen LogP contribution in [-0.2, 0) is 0 Å². The molecule has 0 saturated heterocycles. The van der Waals surface area contributed by atoms with Gasteiger partial charge in [0.05, 0.1) is 12.1 Å². The second-order valence-corrected chi connectivity index (χ2v) is 6.00. The average Bonchev–Trinajstić information content (AvgIpc) is 2.75. The van der Waals surface area contributed by atoms with Crippen LogP contribution < -0.4 is 10.6 Å². The predicted octanol–water partition coefficient (Wildman–Crippen LogP) is 1.04. The van der Waals surface area contributed by atoms with E-state index in [-0.39, 0.29) is 23.7 Å². The van der Waals surface area contributed by atoms with Crippen LogP contribution in [0.2, 0.25) is 0 Å². The normalized spacial score (nSPS) is 12.6. The molecule has 3 heterocycles. The summed E-state index contributed by atoms with van der Waals surface area (Å²) < 4.78 is 0. The van der Waals surface area contributed by atoms with E-state index in [1.54, 1.807) is 49.1 Å². The molecular formula is C18H18N8O2. The van der Waals surface area contributed by atoms with E-state index in [0.29, 0.717) is 0 Å². The number of nitrogens with zero attached hydrogens (tertiary/aromatic N) is 6. The van der Waals surface area contributed by atoms with E-state index in [1.165, 1.54) is 0 Å². The molecule has 0 bridgehead atoms. The van der Waals surface area contributed by atoms with E-state index in [0.717, 1.165) is 11.1 Å². The van der Waals surface area contributed by atoms with Gasteiger partial charge in [-0.3, -0.25) is 19.6 Å². The number of aromatic nitrogens is 6. The van der Waals surface area contributed by atoms with Gasteiger partial charge in [0.25, 0.3) is 23.5 Å². The Hall–Kier alpha value is -3.82. The number of rotatable bonds is 6. The van der Waals surface area contributed by atoms with Gasteiger partial charge >= 0.3 is 0 Å². The Morgan fingerprint density at radius 1 is 0.679 bits per heavy atom. The van der Waals surface area contributed by atoms with Crippen molar-refractivity contribution in [1.29, 1.82) is 0 Å². The monoisotopic (exact) mass is 378 g/mol. The molecule has 0 aliphatic carbocycles. The fourth-order valence-corrected chi connectivity index (χ4v) is 2.40. The van der Waals surface area contributed by atoms with Crippen molar-refractivity contribution in [3.63, 3.8) is 0 Å². The third-order valence-electron chi connectivity index (χ3n) is 3.99. The van der Waals surface area contributed by atoms with Gasteiger partial charge in [0.2, 0.25) is 0 Å². The molecular weight excluding hydrogens is 360 g/mol. The van der Waals surface area contributed by atoms with Crippen molar-refractivity contribution in [2.45, 2.75) is 25.9 Å². The summed E-state index contributed by atoms with van der Waals surface area (Å²) in [5.74, 6) is -1.53. The van der Waals surface area contributed by atoms with Crippen molar-refractivity contribution < 1.29 is 9.59 Å². The number of pyridine rings is 2. The van der Waals surface area contributed by atoms with Gasteiger partial charge < -0.3 is 10.6 Å². The molecule has 142 valence electrons. The van der Waals surface area contributed by atoms with Crippen molar-refractivity contribution in [2.24, 2.45) is 0 Å². The highest BCUT2D eigenvalue weighted by molar-refractivity contribution is 5.92. The standard InChI is InChI=1S/C18H18N8O2/c1-11(13-3-7-19-8-4-13)21-17(27)15-23-25-16(26-24-15)18(28)22-12(2)14-5-9-20-10-6-14/h3-12H,1-2H3,(H,21,27)(H,22,28). The van der Waals surface area contributed by atoms with Gasteiger partial charge in [0, 0.05) is 24.8 Å². The van der Waals surface area contributed by atoms with Crippen molar-refractivity contribution in [1.82, 2.24) is 41.0 Å². The molecule has 0 aliphatic rings. The van der Waals surface area contributed by atoms with Gasteiger partial charge in [-0.2, -0.15) is 0 Å². The van der Waals surface area contributed by atoms with Crippen molar-refractivity contribution in [3.05, 3.63) is 71.8 Å². The summed E-state index contributed by atoms with van der Waals surface area (Å²) in [5.41, 5.74) is 1.76. The molecule has 10 heteroatoms. The zero-order chi connectivity index (χ0) is 19.9. The van der Waals surface area contributed by atoms with Crippen LogP contribution >= 0.6 is 0 Å². The van der Waals surface area contributed by atoms with Crippen LogP contribution in [0.4, 0.5) is 0 Å². The molecule has 0 saturated carbocycles. The Morgan fingerprint density at radius 3 is 1.32 bits per heavy atom. The lowest BCUT2D eigenvalue weighted by Crippen LogP contribution is -2.32. The summed E-state index contributed by atoms with van der Waals surface area (Å²) in [6.07, 6.45) is 6.55. The molecule has 10 nitrogen and oxygen atoms in total. The first kappa shape index (κ1) is 19.0. The van der Waals surface area contributed by atoms with Gasteiger partial charge in [-0.15, -0.1) is 20.4 Å². The molecule has 3 rings (SSSR count). The highest BCUT2D eigenvalue weighted by Gasteiger charge is 2.19. The lowest BCUT2D eigenvalue weighted by molar-refractivity contribution is 0.0905. The summed E-state index contributed by atoms with van der Waals surface area (Å²) >= 11 is 0. The molecule has 3 aromatic heterocycles. The fraction of sp³-hybridized carbons (Fsp3) is 0.222. The molecule has 2 unspecified atom stereocenters. The van der Waals surface area contributed by atoms with Crippen molar-refractivity contribution in [3.8, 4) is 0 Å². The Bertz CT molecular complexity index is 856. The maximum Gasteiger partial charge on any atom is 0.293 e. The smallest absolute Gasteiger partial charge is 0.293 e. The maximum absolute atomic E-state index is 12.2. The summed E-state index contributed by atoms with van der Waals surface area (Å²) in [6.45, 7) is 3.63. The zero-order valence-corrected chi connectivity index (χ0v) is 15.3. The van der Waals surface area contributed by atoms with Crippen LogP contribution in [0.5, 0.6) is 0 Å². The number of carbonyl (C=O) groups is 2. The molecule has 2 N–H and O–H groups in total. The minimum Gasteiger partial charge on any atom is -0.343 e. The topological polar surface area (TPSA) is 136 Å². The van der Waals surface area contributed by atoms with Crippen LogP contribution in [-0.4, -0.2) is 42.2 Å². The second-order valence-electron chi connectivity index (χ2n) is 6.00. The minimum absolute atomic E-state index is 0.223. The van der Waals surface area contributed by atoms with E-state index in [2.05, 4.69) is 41.0 Å². The second kappa shape index (κ2) is 8.71. The largest absolute Gasteiger partial charge is 0.343 e. The molecule has 0 aliphatic heterocycles. The first-order valence-corrected chi connectivity index (χ1v) is 8.53. The molecule has 0 radical (unpaired) electrons. The molecule has 28 heavy (non-hydrogen) atoms. The first-order valence-electron chi connectivity index (χ1n) is 8.53. The van der Waals surface area contributed by atoms with Gasteiger partial charge in [-0.05, 0) is 49.2 Å².